The van der Waals surface area contributed by atoms with E-state index in [2.05, 4.69) is 21.9 Å². The summed E-state index contributed by atoms with van der Waals surface area (Å²) in [5.41, 5.74) is 3.87. The number of piperazine rings is 1. The minimum Gasteiger partial charge on any atom is -0.390 e. The molecule has 0 unspecified atom stereocenters. The van der Waals surface area contributed by atoms with Crippen molar-refractivity contribution in [3.8, 4) is 5.69 Å². The highest BCUT2D eigenvalue weighted by molar-refractivity contribution is 5.79. The average Bonchev–Trinajstić information content (AvgIpc) is 3.03. The fraction of sp³-hybridized carbons (Fsp3) is 0.565. The van der Waals surface area contributed by atoms with E-state index in [4.69, 9.17) is 0 Å². The van der Waals surface area contributed by atoms with Crippen molar-refractivity contribution in [2.45, 2.75) is 38.8 Å². The SMILES string of the molecule is Cc1nn(-c2ccccc2)c(C)c1CC(=O)N1CC[C@@H](N2CCN(C)CC2)[C@H](O)C1. The average molecular weight is 412 g/mol. The molecule has 0 spiro atoms. The van der Waals surface area contributed by atoms with Crippen LogP contribution in [0.15, 0.2) is 30.3 Å². The molecule has 1 aromatic heterocycles. The number of hydrogen-bond donors (Lipinski definition) is 1. The summed E-state index contributed by atoms with van der Waals surface area (Å²) in [7, 11) is 2.14. The number of hydrogen-bond acceptors (Lipinski definition) is 5. The minimum atomic E-state index is -0.486. The molecule has 4 rings (SSSR count). The van der Waals surface area contributed by atoms with Crippen LogP contribution in [0.1, 0.15) is 23.4 Å². The normalized spacial score (nSPS) is 23.7. The molecule has 30 heavy (non-hydrogen) atoms. The van der Waals surface area contributed by atoms with E-state index in [0.29, 0.717) is 19.5 Å². The smallest absolute Gasteiger partial charge is 0.227 e. The van der Waals surface area contributed by atoms with Crippen LogP contribution in [-0.4, -0.2) is 94.0 Å². The van der Waals surface area contributed by atoms with Crippen LogP contribution in [-0.2, 0) is 11.2 Å². The fourth-order valence-electron chi connectivity index (χ4n) is 4.74. The maximum absolute atomic E-state index is 13.0. The van der Waals surface area contributed by atoms with Gasteiger partial charge in [0.1, 0.15) is 0 Å². The van der Waals surface area contributed by atoms with Crippen LogP contribution >= 0.6 is 0 Å². The van der Waals surface area contributed by atoms with Crippen molar-refractivity contribution in [1.29, 1.82) is 0 Å². The number of benzene rings is 1. The number of amides is 1. The second kappa shape index (κ2) is 8.88. The lowest BCUT2D eigenvalue weighted by atomic mass is 9.98. The van der Waals surface area contributed by atoms with Gasteiger partial charge in [0.2, 0.25) is 5.91 Å². The van der Waals surface area contributed by atoms with Crippen molar-refractivity contribution in [3.63, 3.8) is 0 Å². The number of aromatic nitrogens is 2. The molecule has 1 N–H and O–H groups in total. The molecule has 0 bridgehead atoms. The van der Waals surface area contributed by atoms with Gasteiger partial charge in [-0.1, -0.05) is 18.2 Å². The van der Waals surface area contributed by atoms with Gasteiger partial charge in [0.05, 0.1) is 23.9 Å². The van der Waals surface area contributed by atoms with Crippen molar-refractivity contribution in [2.75, 3.05) is 46.3 Å². The Hall–Kier alpha value is -2.22. The van der Waals surface area contributed by atoms with E-state index in [1.807, 2.05) is 53.8 Å². The number of para-hydroxylation sites is 1. The van der Waals surface area contributed by atoms with Crippen molar-refractivity contribution < 1.29 is 9.90 Å². The van der Waals surface area contributed by atoms with Gasteiger partial charge in [0.15, 0.2) is 0 Å². The van der Waals surface area contributed by atoms with Crippen LogP contribution in [0.2, 0.25) is 0 Å². The number of rotatable bonds is 4. The van der Waals surface area contributed by atoms with Crippen LogP contribution in [0.4, 0.5) is 0 Å². The highest BCUT2D eigenvalue weighted by Crippen LogP contribution is 2.22. The molecular weight excluding hydrogens is 378 g/mol. The molecule has 7 heteroatoms. The molecule has 2 fully saturated rings. The minimum absolute atomic E-state index is 0.0738. The topological polar surface area (TPSA) is 64.8 Å². The Balaban J connectivity index is 1.40. The lowest BCUT2D eigenvalue weighted by Crippen LogP contribution is -2.59. The largest absolute Gasteiger partial charge is 0.390 e. The van der Waals surface area contributed by atoms with Gasteiger partial charge in [-0.05, 0) is 39.4 Å². The molecule has 2 aromatic rings. The lowest BCUT2D eigenvalue weighted by Gasteiger charge is -2.44. The molecule has 0 saturated carbocycles. The Morgan fingerprint density at radius 2 is 1.80 bits per heavy atom. The van der Waals surface area contributed by atoms with Gasteiger partial charge in [-0.15, -0.1) is 0 Å². The number of aryl methyl sites for hydroxylation is 1. The zero-order valence-electron chi connectivity index (χ0n) is 18.3. The van der Waals surface area contributed by atoms with E-state index in [1.54, 1.807) is 0 Å². The first-order valence-electron chi connectivity index (χ1n) is 10.9. The number of aliphatic hydroxyl groups excluding tert-OH is 1. The van der Waals surface area contributed by atoms with Crippen LogP contribution in [0.3, 0.4) is 0 Å². The van der Waals surface area contributed by atoms with E-state index in [-0.39, 0.29) is 11.9 Å². The van der Waals surface area contributed by atoms with Gasteiger partial charge >= 0.3 is 0 Å². The molecule has 162 valence electrons. The summed E-state index contributed by atoms with van der Waals surface area (Å²) in [5, 5.41) is 15.4. The number of aliphatic hydroxyl groups is 1. The predicted octanol–water partition coefficient (Wildman–Crippen LogP) is 1.24. The molecule has 1 amide bonds. The third kappa shape index (κ3) is 4.29. The molecule has 1 aromatic carbocycles. The van der Waals surface area contributed by atoms with E-state index in [1.165, 1.54) is 0 Å². The van der Waals surface area contributed by atoms with Crippen LogP contribution in [0.5, 0.6) is 0 Å². The number of carbonyl (C=O) groups is 1. The standard InChI is InChI=1S/C23H33N5O2/c1-17-20(18(2)28(24-17)19-7-5-4-6-8-19)15-23(30)27-10-9-21(22(29)16-27)26-13-11-25(3)12-14-26/h4-8,21-22,29H,9-16H2,1-3H3/t21-,22-/m1/s1. The fourth-order valence-corrected chi connectivity index (χ4v) is 4.74. The Bertz CT molecular complexity index is 873. The first-order valence-corrected chi connectivity index (χ1v) is 10.9. The Labute approximate surface area is 178 Å². The number of nitrogens with zero attached hydrogens (tertiary/aromatic N) is 5. The van der Waals surface area contributed by atoms with Gasteiger partial charge < -0.3 is 14.9 Å². The summed E-state index contributed by atoms with van der Waals surface area (Å²) in [6.45, 7) is 9.16. The third-order valence-electron chi connectivity index (χ3n) is 6.68. The molecule has 2 saturated heterocycles. The summed E-state index contributed by atoms with van der Waals surface area (Å²) >= 11 is 0. The van der Waals surface area contributed by atoms with Crippen LogP contribution in [0, 0.1) is 13.8 Å². The van der Waals surface area contributed by atoms with Crippen LogP contribution in [0.25, 0.3) is 5.69 Å². The van der Waals surface area contributed by atoms with Crippen LogP contribution < -0.4 is 0 Å². The molecule has 2 atom stereocenters. The predicted molar refractivity (Wildman–Crippen MR) is 117 cm³/mol. The summed E-state index contributed by atoms with van der Waals surface area (Å²) in [4.78, 5) is 19.6. The van der Waals surface area contributed by atoms with E-state index >= 15 is 0 Å². The first kappa shape index (κ1) is 21.0. The first-order chi connectivity index (χ1) is 14.4. The van der Waals surface area contributed by atoms with Crippen molar-refractivity contribution >= 4 is 5.91 Å². The van der Waals surface area contributed by atoms with Crippen molar-refractivity contribution in [2.24, 2.45) is 0 Å². The highest BCUT2D eigenvalue weighted by Gasteiger charge is 2.35. The number of β-amino-alcohol motifs (C(OH)–C–C–N with tert-alkyl or cyclic N) is 1. The van der Waals surface area contributed by atoms with Gasteiger partial charge in [-0.25, -0.2) is 4.68 Å². The van der Waals surface area contributed by atoms with E-state index < -0.39 is 6.10 Å². The summed E-state index contributed by atoms with van der Waals surface area (Å²) in [5.74, 6) is 0.0738. The Morgan fingerprint density at radius 1 is 1.10 bits per heavy atom. The molecule has 7 nitrogen and oxygen atoms in total. The quantitative estimate of drug-likeness (QED) is 0.820. The maximum Gasteiger partial charge on any atom is 0.227 e. The molecule has 3 heterocycles. The molecule has 0 aliphatic carbocycles. The second-order valence-corrected chi connectivity index (χ2v) is 8.68. The number of piperidine rings is 1. The maximum atomic E-state index is 13.0. The van der Waals surface area contributed by atoms with Gasteiger partial charge in [-0.3, -0.25) is 9.69 Å². The zero-order chi connectivity index (χ0) is 21.3. The number of carbonyl (C=O) groups excluding carboxylic acids is 1. The monoisotopic (exact) mass is 411 g/mol. The second-order valence-electron chi connectivity index (χ2n) is 8.68. The Kier molecular flexibility index (Phi) is 6.22. The van der Waals surface area contributed by atoms with Crippen molar-refractivity contribution in [1.82, 2.24) is 24.5 Å². The molecular formula is C23H33N5O2. The molecule has 2 aliphatic rings. The number of likely N-dealkylation sites (tertiary alicyclic amines) is 1. The number of likely N-dealkylation sites (N-methyl/N-ethyl adjacent to an activating group) is 1. The van der Waals surface area contributed by atoms with Gasteiger partial charge in [0, 0.05) is 56.6 Å². The van der Waals surface area contributed by atoms with Gasteiger partial charge in [0.25, 0.3) is 0 Å². The third-order valence-corrected chi connectivity index (χ3v) is 6.68. The summed E-state index contributed by atoms with van der Waals surface area (Å²) in [6, 6.07) is 10.2. The van der Waals surface area contributed by atoms with Crippen molar-refractivity contribution in [3.05, 3.63) is 47.3 Å². The highest BCUT2D eigenvalue weighted by atomic mass is 16.3. The summed E-state index contributed by atoms with van der Waals surface area (Å²) < 4.78 is 1.91. The molecule has 2 aliphatic heterocycles. The Morgan fingerprint density at radius 3 is 2.47 bits per heavy atom. The van der Waals surface area contributed by atoms with E-state index in [9.17, 15) is 9.90 Å². The van der Waals surface area contributed by atoms with Gasteiger partial charge in [-0.2, -0.15) is 5.10 Å². The molecule has 0 radical (unpaired) electrons. The summed E-state index contributed by atoms with van der Waals surface area (Å²) in [6.07, 6.45) is 0.675. The van der Waals surface area contributed by atoms with E-state index in [0.717, 1.165) is 55.2 Å². The lowest BCUT2D eigenvalue weighted by molar-refractivity contribution is -0.135. The zero-order valence-corrected chi connectivity index (χ0v) is 18.3.